The van der Waals surface area contributed by atoms with Crippen LogP contribution in [0.25, 0.3) is 0 Å². The summed E-state index contributed by atoms with van der Waals surface area (Å²) in [5.41, 5.74) is 0.822. The van der Waals surface area contributed by atoms with Gasteiger partial charge in [-0.05, 0) is 44.8 Å². The molecule has 0 aliphatic carbocycles. The molecule has 0 saturated carbocycles. The monoisotopic (exact) mass is 364 g/mol. The zero-order valence-corrected chi connectivity index (χ0v) is 12.5. The van der Waals surface area contributed by atoms with Crippen LogP contribution in [0.3, 0.4) is 0 Å². The number of nitrogens with zero attached hydrogens (tertiary/aromatic N) is 2. The Bertz CT molecular complexity index is 475. The van der Waals surface area contributed by atoms with E-state index in [0.717, 1.165) is 25.2 Å². The Hall–Kier alpha value is -0.170. The quantitative estimate of drug-likeness (QED) is 0.902. The minimum atomic E-state index is -0.604. The van der Waals surface area contributed by atoms with Crippen molar-refractivity contribution in [1.29, 1.82) is 0 Å². The number of aliphatic hydroxyl groups excluding tert-OH is 1. The van der Waals surface area contributed by atoms with E-state index in [1.54, 1.807) is 10.9 Å². The zero-order valence-electron chi connectivity index (χ0n) is 8.52. The highest BCUT2D eigenvalue weighted by atomic mass is 79.9. The molecule has 2 aromatic rings. The smallest absolute Gasteiger partial charge is 0.116 e. The lowest BCUT2D eigenvalue weighted by atomic mass is 10.2. The summed E-state index contributed by atoms with van der Waals surface area (Å²) in [6, 6.07) is 1.92. The van der Waals surface area contributed by atoms with E-state index in [-0.39, 0.29) is 0 Å². The lowest BCUT2D eigenvalue weighted by molar-refractivity contribution is 0.224. The Morgan fingerprint density at radius 1 is 1.56 bits per heavy atom. The van der Waals surface area contributed by atoms with E-state index in [2.05, 4.69) is 37.0 Å². The van der Waals surface area contributed by atoms with Gasteiger partial charge in [-0.3, -0.25) is 4.68 Å². The van der Waals surface area contributed by atoms with Crippen molar-refractivity contribution in [1.82, 2.24) is 9.78 Å². The minimum absolute atomic E-state index is 0.604. The highest BCUT2D eigenvalue weighted by molar-refractivity contribution is 9.13. The van der Waals surface area contributed by atoms with E-state index in [1.165, 1.54) is 11.3 Å². The van der Waals surface area contributed by atoms with Crippen LogP contribution in [-0.2, 0) is 6.54 Å². The molecule has 0 spiro atoms. The first-order valence-corrected chi connectivity index (χ1v) is 7.17. The van der Waals surface area contributed by atoms with Crippen LogP contribution in [0.15, 0.2) is 26.7 Å². The molecule has 0 aliphatic heterocycles. The van der Waals surface area contributed by atoms with Gasteiger partial charge in [0.15, 0.2) is 0 Å². The van der Waals surface area contributed by atoms with Gasteiger partial charge in [-0.2, -0.15) is 5.10 Å². The van der Waals surface area contributed by atoms with Crippen molar-refractivity contribution in [3.63, 3.8) is 0 Å². The van der Waals surface area contributed by atoms with Crippen LogP contribution >= 0.6 is 43.2 Å². The van der Waals surface area contributed by atoms with E-state index in [4.69, 9.17) is 0 Å². The first kappa shape index (κ1) is 12.3. The van der Waals surface area contributed by atoms with Gasteiger partial charge in [0, 0.05) is 27.7 Å². The second kappa shape index (κ2) is 5.00. The van der Waals surface area contributed by atoms with Crippen LogP contribution in [0.2, 0.25) is 0 Å². The molecule has 2 heterocycles. The maximum absolute atomic E-state index is 10.2. The van der Waals surface area contributed by atoms with Gasteiger partial charge in [0.25, 0.3) is 0 Å². The van der Waals surface area contributed by atoms with Gasteiger partial charge in [0.1, 0.15) is 6.10 Å². The van der Waals surface area contributed by atoms with E-state index >= 15 is 0 Å². The third kappa shape index (κ3) is 2.40. The summed E-state index contributed by atoms with van der Waals surface area (Å²) >= 11 is 8.34. The molecule has 16 heavy (non-hydrogen) atoms. The summed E-state index contributed by atoms with van der Waals surface area (Å²) in [5, 5.41) is 14.3. The van der Waals surface area contributed by atoms with Gasteiger partial charge in [-0.1, -0.05) is 0 Å². The molecule has 0 bridgehead atoms. The van der Waals surface area contributed by atoms with Gasteiger partial charge in [-0.25, -0.2) is 0 Å². The van der Waals surface area contributed by atoms with E-state index in [1.807, 2.05) is 19.2 Å². The van der Waals surface area contributed by atoms with Crippen LogP contribution in [-0.4, -0.2) is 14.9 Å². The van der Waals surface area contributed by atoms with Crippen LogP contribution in [0.4, 0.5) is 0 Å². The first-order chi connectivity index (χ1) is 7.61. The molecule has 0 saturated heterocycles. The van der Waals surface area contributed by atoms with Crippen LogP contribution in [0, 0.1) is 0 Å². The molecule has 2 aromatic heterocycles. The topological polar surface area (TPSA) is 38.0 Å². The Morgan fingerprint density at radius 3 is 2.81 bits per heavy atom. The number of hydrogen-bond acceptors (Lipinski definition) is 3. The van der Waals surface area contributed by atoms with E-state index < -0.39 is 6.10 Å². The maximum atomic E-state index is 10.2. The molecule has 86 valence electrons. The number of rotatable bonds is 3. The highest BCUT2D eigenvalue weighted by Crippen LogP contribution is 2.37. The summed E-state index contributed by atoms with van der Waals surface area (Å²) < 4.78 is 3.76. The standard InChI is InChI=1S/C10H10Br2N2OS/c1-2-14-5-6(4-13-14)9(15)8-3-7(11)10(12)16-8/h3-5,9,15H,2H2,1H3. The molecule has 0 aromatic carbocycles. The average Bonchev–Trinajstić information content (AvgIpc) is 2.86. The fourth-order valence-corrected chi connectivity index (χ4v) is 3.46. The fraction of sp³-hybridized carbons (Fsp3) is 0.300. The molecule has 0 radical (unpaired) electrons. The van der Waals surface area contributed by atoms with Gasteiger partial charge in [0.05, 0.1) is 9.98 Å². The SMILES string of the molecule is CCn1cc(C(O)c2cc(Br)c(Br)s2)cn1. The predicted octanol–water partition coefficient (Wildman–Crippen LogP) is 3.57. The van der Waals surface area contributed by atoms with Gasteiger partial charge < -0.3 is 5.11 Å². The minimum Gasteiger partial charge on any atom is -0.383 e. The Morgan fingerprint density at radius 2 is 2.31 bits per heavy atom. The Labute approximate surface area is 114 Å². The van der Waals surface area contributed by atoms with Gasteiger partial charge in [-0.15, -0.1) is 11.3 Å². The molecular formula is C10H10Br2N2OS. The second-order valence-electron chi connectivity index (χ2n) is 3.30. The van der Waals surface area contributed by atoms with Crippen molar-refractivity contribution >= 4 is 43.2 Å². The lowest BCUT2D eigenvalue weighted by Crippen LogP contribution is -1.96. The molecule has 6 heteroatoms. The summed E-state index contributed by atoms with van der Waals surface area (Å²) in [6.07, 6.45) is 2.97. The fourth-order valence-electron chi connectivity index (χ4n) is 1.36. The number of thiophene rings is 1. The zero-order chi connectivity index (χ0) is 11.7. The molecule has 0 aliphatic rings. The molecule has 1 N–H and O–H groups in total. The summed E-state index contributed by atoms with van der Waals surface area (Å²) in [7, 11) is 0. The molecule has 3 nitrogen and oxygen atoms in total. The number of halogens is 2. The van der Waals surface area contributed by atoms with E-state index in [9.17, 15) is 5.11 Å². The number of hydrogen-bond donors (Lipinski definition) is 1. The maximum Gasteiger partial charge on any atom is 0.116 e. The van der Waals surface area contributed by atoms with Crippen molar-refractivity contribution in [3.05, 3.63) is 37.2 Å². The summed E-state index contributed by atoms with van der Waals surface area (Å²) in [5.74, 6) is 0. The largest absolute Gasteiger partial charge is 0.383 e. The predicted molar refractivity (Wildman–Crippen MR) is 71.7 cm³/mol. The molecule has 1 unspecified atom stereocenters. The summed E-state index contributed by atoms with van der Waals surface area (Å²) in [6.45, 7) is 2.83. The number of aryl methyl sites for hydroxylation is 1. The molecular weight excluding hydrogens is 356 g/mol. The van der Waals surface area contributed by atoms with Crippen molar-refractivity contribution in [2.45, 2.75) is 19.6 Å². The Balaban J connectivity index is 2.27. The highest BCUT2D eigenvalue weighted by Gasteiger charge is 2.16. The van der Waals surface area contributed by atoms with E-state index in [0.29, 0.717) is 0 Å². The third-order valence-corrected chi connectivity index (χ3v) is 5.54. The molecule has 0 amide bonds. The Kier molecular flexibility index (Phi) is 3.84. The third-order valence-electron chi connectivity index (χ3n) is 2.23. The van der Waals surface area contributed by atoms with Gasteiger partial charge in [0.2, 0.25) is 0 Å². The van der Waals surface area contributed by atoms with Gasteiger partial charge >= 0.3 is 0 Å². The number of aromatic nitrogens is 2. The second-order valence-corrected chi connectivity index (χ2v) is 6.56. The van der Waals surface area contributed by atoms with Crippen LogP contribution in [0.1, 0.15) is 23.5 Å². The molecule has 0 fully saturated rings. The van der Waals surface area contributed by atoms with Crippen molar-refractivity contribution in [2.24, 2.45) is 0 Å². The summed E-state index contributed by atoms with van der Waals surface area (Å²) in [4.78, 5) is 0.898. The average molecular weight is 366 g/mol. The normalized spacial score (nSPS) is 13.0. The van der Waals surface area contributed by atoms with Crippen LogP contribution < -0.4 is 0 Å². The van der Waals surface area contributed by atoms with Crippen molar-refractivity contribution < 1.29 is 5.11 Å². The molecule has 2 rings (SSSR count). The molecule has 1 atom stereocenters. The first-order valence-electron chi connectivity index (χ1n) is 4.77. The lowest BCUT2D eigenvalue weighted by Gasteiger charge is -2.04. The van der Waals surface area contributed by atoms with Crippen LogP contribution in [0.5, 0.6) is 0 Å². The van der Waals surface area contributed by atoms with Crippen molar-refractivity contribution in [3.8, 4) is 0 Å². The van der Waals surface area contributed by atoms with Crippen molar-refractivity contribution in [2.75, 3.05) is 0 Å². The number of aliphatic hydroxyl groups is 1.